The van der Waals surface area contributed by atoms with Gasteiger partial charge in [0.15, 0.2) is 0 Å². The van der Waals surface area contributed by atoms with Crippen LogP contribution in [-0.2, 0) is 0 Å². The molecule has 1 N–H and O–H groups in total. The zero-order chi connectivity index (χ0) is 13.7. The Balaban J connectivity index is 2.20. The van der Waals surface area contributed by atoms with Crippen molar-refractivity contribution in [2.75, 3.05) is 30.9 Å². The minimum Gasteiger partial charge on any atom is -0.494 e. The Labute approximate surface area is 114 Å². The highest BCUT2D eigenvalue weighted by atomic mass is 16.5. The van der Waals surface area contributed by atoms with Crippen LogP contribution >= 0.6 is 0 Å². The Bertz CT molecular complexity index is 523. The Kier molecular flexibility index (Phi) is 4.29. The van der Waals surface area contributed by atoms with Crippen LogP contribution in [0.3, 0.4) is 0 Å². The van der Waals surface area contributed by atoms with Gasteiger partial charge in [-0.25, -0.2) is 0 Å². The Morgan fingerprint density at radius 3 is 2.42 bits per heavy atom. The lowest BCUT2D eigenvalue weighted by molar-refractivity contribution is 0.340. The summed E-state index contributed by atoms with van der Waals surface area (Å²) in [4.78, 5) is 2.15. The van der Waals surface area contributed by atoms with E-state index >= 15 is 0 Å². The van der Waals surface area contributed by atoms with Gasteiger partial charge in [0.05, 0.1) is 6.61 Å². The Hall–Kier alpha value is -2.16. The molecular formula is C16H20N2O. The number of ether oxygens (including phenoxy) is 1. The van der Waals surface area contributed by atoms with Crippen LogP contribution in [-0.4, -0.2) is 20.7 Å². The van der Waals surface area contributed by atoms with Crippen molar-refractivity contribution in [2.45, 2.75) is 6.92 Å². The predicted octanol–water partition coefficient (Wildman–Crippen LogP) is 3.89. The van der Waals surface area contributed by atoms with E-state index in [-0.39, 0.29) is 0 Å². The van der Waals surface area contributed by atoms with Gasteiger partial charge in [-0.05, 0) is 49.4 Å². The standard InChI is InChI=1S/C16H20N2O/c1-4-19-16-10-8-14(9-11-16)18(3)15-7-5-6-13(12-15)17-2/h5-12,17H,4H2,1-3H3. The smallest absolute Gasteiger partial charge is 0.119 e. The second kappa shape index (κ2) is 6.14. The topological polar surface area (TPSA) is 24.5 Å². The maximum absolute atomic E-state index is 5.45. The van der Waals surface area contributed by atoms with Crippen LogP contribution in [0.5, 0.6) is 5.75 Å². The molecule has 100 valence electrons. The molecule has 0 aliphatic rings. The van der Waals surface area contributed by atoms with Crippen LogP contribution in [0.4, 0.5) is 17.1 Å². The average Bonchev–Trinajstić information content (AvgIpc) is 2.48. The van der Waals surface area contributed by atoms with Crippen molar-refractivity contribution in [1.29, 1.82) is 0 Å². The molecule has 0 aromatic heterocycles. The summed E-state index contributed by atoms with van der Waals surface area (Å²) in [5.41, 5.74) is 3.39. The first-order valence-corrected chi connectivity index (χ1v) is 6.49. The fraction of sp³-hybridized carbons (Fsp3) is 0.250. The van der Waals surface area contributed by atoms with Crippen molar-refractivity contribution in [3.05, 3.63) is 48.5 Å². The summed E-state index contributed by atoms with van der Waals surface area (Å²) in [5.74, 6) is 0.906. The highest BCUT2D eigenvalue weighted by molar-refractivity contribution is 5.66. The fourth-order valence-corrected chi connectivity index (χ4v) is 1.95. The van der Waals surface area contributed by atoms with E-state index in [1.165, 1.54) is 0 Å². The van der Waals surface area contributed by atoms with Gasteiger partial charge in [-0.1, -0.05) is 6.07 Å². The number of hydrogen-bond donors (Lipinski definition) is 1. The molecule has 0 aliphatic heterocycles. The minimum absolute atomic E-state index is 0.694. The number of anilines is 3. The van der Waals surface area contributed by atoms with E-state index < -0.39 is 0 Å². The van der Waals surface area contributed by atoms with Crippen molar-refractivity contribution >= 4 is 17.1 Å². The van der Waals surface area contributed by atoms with Gasteiger partial charge in [0.1, 0.15) is 5.75 Å². The number of rotatable bonds is 5. The molecular weight excluding hydrogens is 236 g/mol. The van der Waals surface area contributed by atoms with Crippen LogP contribution in [0.15, 0.2) is 48.5 Å². The highest BCUT2D eigenvalue weighted by Gasteiger charge is 2.04. The Morgan fingerprint density at radius 2 is 1.79 bits per heavy atom. The largest absolute Gasteiger partial charge is 0.494 e. The lowest BCUT2D eigenvalue weighted by atomic mass is 10.2. The summed E-state index contributed by atoms with van der Waals surface area (Å²) in [5, 5.41) is 3.15. The van der Waals surface area contributed by atoms with Crippen LogP contribution < -0.4 is 15.0 Å². The summed E-state index contributed by atoms with van der Waals surface area (Å²) < 4.78 is 5.45. The van der Waals surface area contributed by atoms with E-state index in [2.05, 4.69) is 47.6 Å². The van der Waals surface area contributed by atoms with Gasteiger partial charge in [-0.15, -0.1) is 0 Å². The third kappa shape index (κ3) is 3.19. The summed E-state index contributed by atoms with van der Waals surface area (Å²) in [6.07, 6.45) is 0. The molecule has 0 aliphatic carbocycles. The molecule has 2 rings (SSSR count). The normalized spacial score (nSPS) is 10.1. The van der Waals surface area contributed by atoms with E-state index in [4.69, 9.17) is 4.74 Å². The van der Waals surface area contributed by atoms with Gasteiger partial charge in [-0.3, -0.25) is 0 Å². The second-order valence-electron chi connectivity index (χ2n) is 4.29. The second-order valence-corrected chi connectivity index (χ2v) is 4.29. The third-order valence-corrected chi connectivity index (χ3v) is 3.06. The van der Waals surface area contributed by atoms with Crippen LogP contribution in [0, 0.1) is 0 Å². The fourth-order valence-electron chi connectivity index (χ4n) is 1.95. The van der Waals surface area contributed by atoms with E-state index in [1.54, 1.807) is 0 Å². The summed E-state index contributed by atoms with van der Waals surface area (Å²) in [6, 6.07) is 16.4. The maximum Gasteiger partial charge on any atom is 0.119 e. The highest BCUT2D eigenvalue weighted by Crippen LogP contribution is 2.27. The number of benzene rings is 2. The molecule has 0 heterocycles. The molecule has 0 saturated carbocycles. The molecule has 0 bridgehead atoms. The maximum atomic E-state index is 5.45. The van der Waals surface area contributed by atoms with Crippen LogP contribution in [0.25, 0.3) is 0 Å². The van der Waals surface area contributed by atoms with Crippen molar-refractivity contribution < 1.29 is 4.74 Å². The molecule has 0 radical (unpaired) electrons. The molecule has 19 heavy (non-hydrogen) atoms. The van der Waals surface area contributed by atoms with Gasteiger partial charge >= 0.3 is 0 Å². The molecule has 0 amide bonds. The van der Waals surface area contributed by atoms with Crippen molar-refractivity contribution in [3.8, 4) is 5.75 Å². The monoisotopic (exact) mass is 256 g/mol. The van der Waals surface area contributed by atoms with Gasteiger partial charge in [0.25, 0.3) is 0 Å². The predicted molar refractivity (Wildman–Crippen MR) is 81.7 cm³/mol. The van der Waals surface area contributed by atoms with Gasteiger partial charge in [0.2, 0.25) is 0 Å². The first-order valence-electron chi connectivity index (χ1n) is 6.49. The Morgan fingerprint density at radius 1 is 1.05 bits per heavy atom. The molecule has 2 aromatic rings. The summed E-state index contributed by atoms with van der Waals surface area (Å²) in [6.45, 7) is 2.68. The van der Waals surface area contributed by atoms with Gasteiger partial charge in [-0.2, -0.15) is 0 Å². The lowest BCUT2D eigenvalue weighted by Gasteiger charge is -2.20. The van der Waals surface area contributed by atoms with Gasteiger partial charge in [0, 0.05) is 31.2 Å². The van der Waals surface area contributed by atoms with Gasteiger partial charge < -0.3 is 15.0 Å². The lowest BCUT2D eigenvalue weighted by Crippen LogP contribution is -2.09. The van der Waals surface area contributed by atoms with Crippen LogP contribution in [0.1, 0.15) is 6.92 Å². The van der Waals surface area contributed by atoms with Crippen molar-refractivity contribution in [1.82, 2.24) is 0 Å². The molecule has 0 unspecified atom stereocenters. The molecule has 0 fully saturated rings. The SMILES string of the molecule is CCOc1ccc(N(C)c2cccc(NC)c2)cc1. The van der Waals surface area contributed by atoms with Crippen molar-refractivity contribution in [3.63, 3.8) is 0 Å². The first-order chi connectivity index (χ1) is 9.24. The summed E-state index contributed by atoms with van der Waals surface area (Å²) >= 11 is 0. The zero-order valence-electron chi connectivity index (χ0n) is 11.7. The number of hydrogen-bond acceptors (Lipinski definition) is 3. The molecule has 0 spiro atoms. The first kappa shape index (κ1) is 13.3. The van der Waals surface area contributed by atoms with Crippen molar-refractivity contribution in [2.24, 2.45) is 0 Å². The van der Waals surface area contributed by atoms with E-state index in [0.717, 1.165) is 22.8 Å². The van der Waals surface area contributed by atoms with E-state index in [0.29, 0.717) is 6.61 Å². The molecule has 2 aromatic carbocycles. The molecule has 3 nitrogen and oxygen atoms in total. The zero-order valence-corrected chi connectivity index (χ0v) is 11.7. The summed E-state index contributed by atoms with van der Waals surface area (Å²) in [7, 11) is 3.99. The molecule has 3 heteroatoms. The molecule has 0 saturated heterocycles. The average molecular weight is 256 g/mol. The van der Waals surface area contributed by atoms with E-state index in [1.807, 2.05) is 32.2 Å². The minimum atomic E-state index is 0.694. The van der Waals surface area contributed by atoms with Crippen LogP contribution in [0.2, 0.25) is 0 Å². The van der Waals surface area contributed by atoms with E-state index in [9.17, 15) is 0 Å². The molecule has 0 atom stereocenters. The number of nitrogens with zero attached hydrogens (tertiary/aromatic N) is 1. The quantitative estimate of drug-likeness (QED) is 0.878. The third-order valence-electron chi connectivity index (χ3n) is 3.06. The number of nitrogens with one attached hydrogen (secondary N) is 1.